The number of hydrogen-bond acceptors (Lipinski definition) is 2. The van der Waals surface area contributed by atoms with Crippen molar-refractivity contribution in [3.8, 4) is 50.6 Å². The Hall–Kier alpha value is -5.57. The predicted octanol–water partition coefficient (Wildman–Crippen LogP) is 10.3. The van der Waals surface area contributed by atoms with Gasteiger partial charge < -0.3 is 14.1 Å². The van der Waals surface area contributed by atoms with E-state index >= 15 is 0 Å². The molecule has 4 nitrogen and oxygen atoms in total. The first-order chi connectivity index (χ1) is 23.2. The molecule has 0 saturated heterocycles. The molecule has 9 aromatic rings. The monoisotopic (exact) mass is 795 g/mol. The fraction of sp³-hybridized carbons (Fsp3) is 0.0233. The summed E-state index contributed by atoms with van der Waals surface area (Å²) in [6.45, 7) is 0. The van der Waals surface area contributed by atoms with Crippen LogP contribution < -0.4 is 0 Å². The number of fused-ring (bicyclic) bond motifs is 4. The summed E-state index contributed by atoms with van der Waals surface area (Å²) in [5.41, 5.74) is 12.4. The van der Waals surface area contributed by atoms with Crippen molar-refractivity contribution in [1.82, 2.24) is 19.1 Å². The second-order valence-corrected chi connectivity index (χ2v) is 11.8. The number of aromatic nitrogens is 4. The molecule has 0 bridgehead atoms. The molecule has 0 radical (unpaired) electrons. The molecule has 0 aliphatic rings. The van der Waals surface area contributed by atoms with E-state index in [1.54, 1.807) is 0 Å². The molecular formula is C43H28N4Pt. The van der Waals surface area contributed by atoms with Crippen LogP contribution >= 0.6 is 0 Å². The predicted molar refractivity (Wildman–Crippen MR) is 192 cm³/mol. The van der Waals surface area contributed by atoms with Gasteiger partial charge in [-0.2, -0.15) is 0 Å². The maximum absolute atomic E-state index is 4.99. The normalized spacial score (nSPS) is 11.3. The Morgan fingerprint density at radius 2 is 1.23 bits per heavy atom. The molecule has 0 atom stereocenters. The minimum atomic E-state index is 0. The molecule has 48 heavy (non-hydrogen) atoms. The molecule has 0 N–H and O–H groups in total. The summed E-state index contributed by atoms with van der Waals surface area (Å²) < 4.78 is 4.43. The van der Waals surface area contributed by atoms with Crippen LogP contribution in [0.15, 0.2) is 152 Å². The molecule has 3 heterocycles. The zero-order valence-corrected chi connectivity index (χ0v) is 28.3. The van der Waals surface area contributed by atoms with Gasteiger partial charge in [-0.15, -0.1) is 47.5 Å². The zero-order valence-electron chi connectivity index (χ0n) is 26.0. The Labute approximate surface area is 293 Å². The average Bonchev–Trinajstić information content (AvgIpc) is 3.66. The maximum atomic E-state index is 4.99. The van der Waals surface area contributed by atoms with E-state index in [1.165, 1.54) is 16.5 Å². The molecule has 5 heteroatoms. The molecule has 3 aromatic heterocycles. The third-order valence-electron chi connectivity index (χ3n) is 8.97. The third-order valence-corrected chi connectivity index (χ3v) is 8.97. The first-order valence-electron chi connectivity index (χ1n) is 15.7. The van der Waals surface area contributed by atoms with Crippen LogP contribution in [-0.2, 0) is 28.1 Å². The Bertz CT molecular complexity index is 2570. The van der Waals surface area contributed by atoms with Crippen molar-refractivity contribution in [2.45, 2.75) is 0 Å². The van der Waals surface area contributed by atoms with Crippen molar-refractivity contribution in [2.24, 2.45) is 7.05 Å². The van der Waals surface area contributed by atoms with Crippen molar-refractivity contribution in [3.63, 3.8) is 0 Å². The molecule has 9 rings (SSSR count). The van der Waals surface area contributed by atoms with Crippen molar-refractivity contribution >= 4 is 32.8 Å². The van der Waals surface area contributed by atoms with Gasteiger partial charge in [-0.05, 0) is 63.2 Å². The van der Waals surface area contributed by atoms with Gasteiger partial charge in [-0.25, -0.2) is 0 Å². The van der Waals surface area contributed by atoms with Crippen molar-refractivity contribution in [2.75, 3.05) is 0 Å². The second-order valence-electron chi connectivity index (χ2n) is 11.8. The van der Waals surface area contributed by atoms with Gasteiger partial charge in [0.1, 0.15) is 0 Å². The molecule has 0 fully saturated rings. The molecule has 0 aliphatic heterocycles. The van der Waals surface area contributed by atoms with E-state index in [0.717, 1.165) is 66.9 Å². The van der Waals surface area contributed by atoms with Crippen LogP contribution in [0.3, 0.4) is 0 Å². The quantitative estimate of drug-likeness (QED) is 0.163. The molecule has 0 unspecified atom stereocenters. The van der Waals surface area contributed by atoms with Gasteiger partial charge in [0.25, 0.3) is 0 Å². The fourth-order valence-electron chi connectivity index (χ4n) is 6.65. The van der Waals surface area contributed by atoms with Gasteiger partial charge in [0.2, 0.25) is 0 Å². The van der Waals surface area contributed by atoms with Crippen molar-refractivity contribution in [3.05, 3.63) is 164 Å². The number of para-hydroxylation sites is 3. The molecule has 0 aliphatic carbocycles. The minimum Gasteiger partial charge on any atom is -0.367 e. The standard InChI is InChI=1S/C43H28N4.Pt/c1-46-41-17-8-6-15-39(41)45-43(46)32-22-23-37-36-13-5-7-16-40(36)47(42(37)28-32)35-26-33(25-34(27-35)38-14-9-10-24-44-38)31-20-18-30(19-21-31)29-11-3-2-4-12-29;/h2-26H,1H3;/q-2;+2. The number of rotatable bonds is 5. The molecular weight excluding hydrogens is 768 g/mol. The van der Waals surface area contributed by atoms with Crippen molar-refractivity contribution < 1.29 is 21.1 Å². The van der Waals surface area contributed by atoms with Crippen LogP contribution in [0.1, 0.15) is 0 Å². The van der Waals surface area contributed by atoms with Gasteiger partial charge >= 0.3 is 21.1 Å². The summed E-state index contributed by atoms with van der Waals surface area (Å²) in [6.07, 6.45) is 1.83. The van der Waals surface area contributed by atoms with E-state index in [1.807, 2.05) is 36.5 Å². The Morgan fingerprint density at radius 1 is 0.542 bits per heavy atom. The summed E-state index contributed by atoms with van der Waals surface area (Å²) in [5.74, 6) is 0.885. The zero-order chi connectivity index (χ0) is 31.3. The smallest absolute Gasteiger partial charge is 0.367 e. The maximum Gasteiger partial charge on any atom is 2.00 e. The van der Waals surface area contributed by atoms with Crippen LogP contribution in [0.25, 0.3) is 83.4 Å². The van der Waals surface area contributed by atoms with Gasteiger partial charge in [0.05, 0.1) is 16.9 Å². The Balaban J connectivity index is 0.00000336. The first-order valence-corrected chi connectivity index (χ1v) is 15.7. The summed E-state index contributed by atoms with van der Waals surface area (Å²) in [4.78, 5) is 9.70. The van der Waals surface area contributed by atoms with E-state index in [0.29, 0.717) is 0 Å². The van der Waals surface area contributed by atoms with E-state index < -0.39 is 0 Å². The van der Waals surface area contributed by atoms with Gasteiger partial charge in [0.15, 0.2) is 0 Å². The summed E-state index contributed by atoms with van der Waals surface area (Å²) >= 11 is 0. The average molecular weight is 796 g/mol. The number of nitrogens with zero attached hydrogens (tertiary/aromatic N) is 4. The summed E-state index contributed by atoms with van der Waals surface area (Å²) in [6, 6.07) is 58.4. The third kappa shape index (κ3) is 5.06. The largest absolute Gasteiger partial charge is 2.00 e. The van der Waals surface area contributed by atoms with E-state index in [9.17, 15) is 0 Å². The van der Waals surface area contributed by atoms with E-state index in [-0.39, 0.29) is 21.1 Å². The van der Waals surface area contributed by atoms with Crippen LogP contribution in [-0.4, -0.2) is 19.1 Å². The summed E-state index contributed by atoms with van der Waals surface area (Å²) in [5, 5.41) is 2.30. The van der Waals surface area contributed by atoms with Crippen molar-refractivity contribution in [1.29, 1.82) is 0 Å². The van der Waals surface area contributed by atoms with Crippen LogP contribution in [0.5, 0.6) is 0 Å². The Morgan fingerprint density at radius 3 is 2.00 bits per heavy atom. The Kier molecular flexibility index (Phi) is 7.59. The van der Waals surface area contributed by atoms with E-state index in [2.05, 4.69) is 144 Å². The fourth-order valence-corrected chi connectivity index (χ4v) is 6.65. The van der Waals surface area contributed by atoms with Gasteiger partial charge in [-0.1, -0.05) is 108 Å². The van der Waals surface area contributed by atoms with Gasteiger partial charge in [-0.3, -0.25) is 4.98 Å². The minimum absolute atomic E-state index is 0. The molecule has 0 spiro atoms. The SMILES string of the molecule is Cn1c(-c2[c-]c3c(cc2)c2ccccc2n3-c2[c-]c(-c3ccccn3)cc(-c3ccc(-c4ccccc4)cc3)c2)nc2ccccc21.[Pt+2]. The number of aryl methyl sites for hydroxylation is 1. The topological polar surface area (TPSA) is 35.6 Å². The van der Waals surface area contributed by atoms with Crippen LogP contribution in [0.2, 0.25) is 0 Å². The van der Waals surface area contributed by atoms with Crippen LogP contribution in [0, 0.1) is 12.1 Å². The molecule has 0 saturated carbocycles. The second kappa shape index (κ2) is 12.2. The summed E-state index contributed by atoms with van der Waals surface area (Å²) in [7, 11) is 2.07. The number of pyridine rings is 1. The van der Waals surface area contributed by atoms with Gasteiger partial charge in [0, 0.05) is 18.8 Å². The first kappa shape index (κ1) is 29.8. The molecule has 230 valence electrons. The molecule has 6 aromatic carbocycles. The number of benzene rings is 6. The number of hydrogen-bond donors (Lipinski definition) is 0. The number of imidazole rings is 1. The molecule has 0 amide bonds. The van der Waals surface area contributed by atoms with Crippen LogP contribution in [0.4, 0.5) is 0 Å². The van der Waals surface area contributed by atoms with E-state index in [4.69, 9.17) is 9.97 Å².